The van der Waals surface area contributed by atoms with Crippen molar-refractivity contribution in [1.29, 1.82) is 0 Å². The van der Waals surface area contributed by atoms with Gasteiger partial charge in [0, 0.05) is 48.9 Å². The number of aryl methyl sites for hydroxylation is 1. The van der Waals surface area contributed by atoms with Gasteiger partial charge in [0.1, 0.15) is 11.6 Å². The largest absolute Gasteiger partial charge is 0.395 e. The van der Waals surface area contributed by atoms with Gasteiger partial charge in [-0.1, -0.05) is 0 Å². The minimum absolute atomic E-state index is 0.0340. The second kappa shape index (κ2) is 6.86. The molecule has 3 rings (SSSR count). The minimum Gasteiger partial charge on any atom is -0.395 e. The molecule has 0 amide bonds. The van der Waals surface area contributed by atoms with Crippen molar-refractivity contribution in [3.63, 3.8) is 0 Å². The molecule has 3 heterocycles. The van der Waals surface area contributed by atoms with Crippen LogP contribution in [0, 0.1) is 5.82 Å². The highest BCUT2D eigenvalue weighted by molar-refractivity contribution is 5.83. The van der Waals surface area contributed by atoms with E-state index in [-0.39, 0.29) is 18.3 Å². The summed E-state index contributed by atoms with van der Waals surface area (Å²) in [6.45, 7) is 2.04. The van der Waals surface area contributed by atoms with Crippen LogP contribution >= 0.6 is 0 Å². The molecule has 130 valence electrons. The number of nitrogens with one attached hydrogen (secondary N) is 1. The van der Waals surface area contributed by atoms with Gasteiger partial charge >= 0.3 is 0 Å². The molecule has 1 atom stereocenters. The average molecular weight is 341 g/mol. The lowest BCUT2D eigenvalue weighted by Crippen LogP contribution is -2.10. The Hall–Kier alpha value is -3.00. The van der Waals surface area contributed by atoms with Crippen molar-refractivity contribution in [3.8, 4) is 11.1 Å². The van der Waals surface area contributed by atoms with Gasteiger partial charge in [0.25, 0.3) is 0 Å². The van der Waals surface area contributed by atoms with E-state index in [9.17, 15) is 4.39 Å². The molecule has 5 N–H and O–H groups in total. The van der Waals surface area contributed by atoms with Gasteiger partial charge in [-0.25, -0.2) is 9.37 Å². The minimum atomic E-state index is -0.450. The Labute approximate surface area is 144 Å². The van der Waals surface area contributed by atoms with Crippen LogP contribution in [-0.4, -0.2) is 19.7 Å². The summed E-state index contributed by atoms with van der Waals surface area (Å²) in [7, 11) is 1.86. The molecule has 0 fully saturated rings. The molecule has 0 bridgehead atoms. The first-order valence-electron chi connectivity index (χ1n) is 7.84. The van der Waals surface area contributed by atoms with Crippen LogP contribution in [0.5, 0.6) is 0 Å². The lowest BCUT2D eigenvalue weighted by atomic mass is 10.1. The number of nitrogen functional groups attached to an aromatic ring is 1. The molecule has 0 aliphatic rings. The molecule has 3 aromatic heterocycles. The van der Waals surface area contributed by atoms with Gasteiger partial charge in [-0.2, -0.15) is 5.10 Å². The van der Waals surface area contributed by atoms with Crippen LogP contribution in [-0.2, 0) is 13.6 Å². The van der Waals surface area contributed by atoms with Crippen molar-refractivity contribution >= 4 is 11.5 Å². The van der Waals surface area contributed by atoms with Crippen LogP contribution in [0.15, 0.2) is 36.9 Å². The fourth-order valence-electron chi connectivity index (χ4n) is 2.56. The standard InChI is InChI=1S/C17H20FN7/c1-10(12-8-23-25(2)9-12)24-17-16(20)13(3-4-21-17)11-5-14(18)15(6-19)22-7-11/h3-5,7-10H,6,19-20H2,1-2H3,(H,21,24). The molecule has 0 saturated heterocycles. The Morgan fingerprint density at radius 1 is 1.32 bits per heavy atom. The average Bonchev–Trinajstić information content (AvgIpc) is 3.03. The summed E-state index contributed by atoms with van der Waals surface area (Å²) in [6.07, 6.45) is 6.88. The number of hydrogen-bond acceptors (Lipinski definition) is 6. The zero-order chi connectivity index (χ0) is 18.0. The number of halogens is 1. The predicted octanol–water partition coefficient (Wildman–Crippen LogP) is 2.23. The molecule has 0 aliphatic carbocycles. The lowest BCUT2D eigenvalue weighted by molar-refractivity contribution is 0.600. The van der Waals surface area contributed by atoms with Gasteiger partial charge in [0.05, 0.1) is 23.6 Å². The van der Waals surface area contributed by atoms with Gasteiger partial charge in [0.2, 0.25) is 0 Å². The Balaban J connectivity index is 1.91. The van der Waals surface area contributed by atoms with Gasteiger partial charge < -0.3 is 16.8 Å². The summed E-state index contributed by atoms with van der Waals surface area (Å²) in [5, 5.41) is 7.42. The number of nitrogens with two attached hydrogens (primary N) is 2. The molecule has 0 aromatic carbocycles. The summed E-state index contributed by atoms with van der Waals surface area (Å²) in [5.41, 5.74) is 14.6. The topological polar surface area (TPSA) is 108 Å². The van der Waals surface area contributed by atoms with E-state index in [0.717, 1.165) is 5.56 Å². The number of rotatable bonds is 5. The monoisotopic (exact) mass is 341 g/mol. The number of pyridine rings is 2. The second-order valence-corrected chi connectivity index (χ2v) is 5.79. The van der Waals surface area contributed by atoms with E-state index in [4.69, 9.17) is 11.5 Å². The number of anilines is 2. The maximum Gasteiger partial charge on any atom is 0.150 e. The number of nitrogens with zero attached hydrogens (tertiary/aromatic N) is 4. The third-order valence-electron chi connectivity index (χ3n) is 3.99. The van der Waals surface area contributed by atoms with Crippen molar-refractivity contribution in [2.75, 3.05) is 11.1 Å². The smallest absolute Gasteiger partial charge is 0.150 e. The summed E-state index contributed by atoms with van der Waals surface area (Å²) in [5.74, 6) is 0.0756. The zero-order valence-electron chi connectivity index (χ0n) is 14.1. The molecular formula is C17H20FN7. The zero-order valence-corrected chi connectivity index (χ0v) is 14.1. The van der Waals surface area contributed by atoms with Crippen LogP contribution in [0.2, 0.25) is 0 Å². The van der Waals surface area contributed by atoms with Crippen LogP contribution in [0.25, 0.3) is 11.1 Å². The molecule has 25 heavy (non-hydrogen) atoms. The fraction of sp³-hybridized carbons (Fsp3) is 0.235. The molecule has 7 nitrogen and oxygen atoms in total. The van der Waals surface area contributed by atoms with E-state index in [1.165, 1.54) is 6.07 Å². The second-order valence-electron chi connectivity index (χ2n) is 5.79. The highest BCUT2D eigenvalue weighted by Crippen LogP contribution is 2.32. The third-order valence-corrected chi connectivity index (χ3v) is 3.99. The van der Waals surface area contributed by atoms with Gasteiger partial charge in [0.15, 0.2) is 0 Å². The van der Waals surface area contributed by atoms with Crippen molar-refractivity contribution in [3.05, 3.63) is 54.0 Å². The van der Waals surface area contributed by atoms with Crippen LogP contribution in [0.3, 0.4) is 0 Å². The highest BCUT2D eigenvalue weighted by atomic mass is 19.1. The van der Waals surface area contributed by atoms with Crippen molar-refractivity contribution in [2.24, 2.45) is 12.8 Å². The van der Waals surface area contributed by atoms with Gasteiger partial charge in [-0.15, -0.1) is 0 Å². The quantitative estimate of drug-likeness (QED) is 0.657. The molecule has 8 heteroatoms. The van der Waals surface area contributed by atoms with Crippen LogP contribution in [0.4, 0.5) is 15.9 Å². The van der Waals surface area contributed by atoms with E-state index in [2.05, 4.69) is 20.4 Å². The molecule has 0 spiro atoms. The lowest BCUT2D eigenvalue weighted by Gasteiger charge is -2.16. The van der Waals surface area contributed by atoms with Crippen LogP contribution < -0.4 is 16.8 Å². The first kappa shape index (κ1) is 16.8. The van der Waals surface area contributed by atoms with E-state index in [0.29, 0.717) is 22.6 Å². The first-order chi connectivity index (χ1) is 12.0. The van der Waals surface area contributed by atoms with Gasteiger partial charge in [-0.3, -0.25) is 9.67 Å². The summed E-state index contributed by atoms with van der Waals surface area (Å²) >= 11 is 0. The van der Waals surface area contributed by atoms with E-state index in [1.54, 1.807) is 29.3 Å². The molecule has 3 aromatic rings. The molecular weight excluding hydrogens is 321 g/mol. The predicted molar refractivity (Wildman–Crippen MR) is 95.0 cm³/mol. The Bertz CT molecular complexity index is 890. The number of hydrogen-bond donors (Lipinski definition) is 3. The summed E-state index contributed by atoms with van der Waals surface area (Å²) in [4.78, 5) is 8.34. The summed E-state index contributed by atoms with van der Waals surface area (Å²) < 4.78 is 15.7. The maximum absolute atomic E-state index is 14.0. The molecule has 0 radical (unpaired) electrons. The first-order valence-corrected chi connectivity index (χ1v) is 7.84. The Morgan fingerprint density at radius 3 is 2.76 bits per heavy atom. The molecule has 0 saturated carbocycles. The Kier molecular flexibility index (Phi) is 4.62. The Morgan fingerprint density at radius 2 is 2.12 bits per heavy atom. The van der Waals surface area contributed by atoms with E-state index >= 15 is 0 Å². The fourth-order valence-corrected chi connectivity index (χ4v) is 2.56. The number of aromatic nitrogens is 4. The van der Waals surface area contributed by atoms with Crippen molar-refractivity contribution < 1.29 is 4.39 Å². The molecule has 1 unspecified atom stereocenters. The van der Waals surface area contributed by atoms with Crippen LogP contribution in [0.1, 0.15) is 24.2 Å². The maximum atomic E-state index is 14.0. The van der Waals surface area contributed by atoms with E-state index < -0.39 is 5.82 Å². The van der Waals surface area contributed by atoms with Crippen molar-refractivity contribution in [1.82, 2.24) is 19.7 Å². The van der Waals surface area contributed by atoms with Crippen molar-refractivity contribution in [2.45, 2.75) is 19.5 Å². The third kappa shape index (κ3) is 3.43. The summed E-state index contributed by atoms with van der Waals surface area (Å²) in [6, 6.07) is 3.08. The van der Waals surface area contributed by atoms with E-state index in [1.807, 2.05) is 20.2 Å². The molecule has 0 aliphatic heterocycles. The SMILES string of the molecule is CC(Nc1nccc(-c2cnc(CN)c(F)c2)c1N)c1cnn(C)c1. The normalized spacial score (nSPS) is 12.2. The van der Waals surface area contributed by atoms with Gasteiger partial charge in [-0.05, 0) is 19.1 Å². The highest BCUT2D eigenvalue weighted by Gasteiger charge is 2.14.